The maximum atomic E-state index is 13.6. The summed E-state index contributed by atoms with van der Waals surface area (Å²) in [5.74, 6) is -0.857. The molecule has 1 aromatic rings. The Morgan fingerprint density at radius 2 is 2.33 bits per heavy atom. The van der Waals surface area contributed by atoms with Crippen molar-refractivity contribution in [3.8, 4) is 0 Å². The first-order chi connectivity index (χ1) is 8.58. The third-order valence-corrected chi connectivity index (χ3v) is 2.59. The van der Waals surface area contributed by atoms with Crippen molar-refractivity contribution in [2.24, 2.45) is 0 Å². The minimum Gasteiger partial charge on any atom is -0.465 e. The van der Waals surface area contributed by atoms with Gasteiger partial charge in [0, 0.05) is 6.04 Å². The highest BCUT2D eigenvalue weighted by molar-refractivity contribution is 5.90. The van der Waals surface area contributed by atoms with E-state index >= 15 is 0 Å². The highest BCUT2D eigenvalue weighted by Gasteiger charge is 2.11. The maximum Gasteiger partial charge on any atom is 0.337 e. The van der Waals surface area contributed by atoms with E-state index in [2.05, 4.69) is 16.6 Å². The Kier molecular flexibility index (Phi) is 5.36. The number of hydrogen-bond acceptors (Lipinski definition) is 3. The molecule has 0 spiro atoms. The molecule has 0 saturated carbocycles. The molecule has 1 aromatic carbocycles. The number of nitrogens with one attached hydrogen (secondary N) is 1. The van der Waals surface area contributed by atoms with E-state index < -0.39 is 5.97 Å². The molecule has 0 bridgehead atoms. The van der Waals surface area contributed by atoms with Crippen LogP contribution in [0.4, 0.5) is 10.1 Å². The predicted molar refractivity (Wildman–Crippen MR) is 70.3 cm³/mol. The molecule has 0 aliphatic carbocycles. The second kappa shape index (κ2) is 6.79. The summed E-state index contributed by atoms with van der Waals surface area (Å²) in [7, 11) is 1.30. The first-order valence-electron chi connectivity index (χ1n) is 5.83. The normalized spacial score (nSPS) is 11.7. The number of ether oxygens (including phenoxy) is 1. The lowest BCUT2D eigenvalue weighted by molar-refractivity contribution is 0.0600. The second-order valence-electron chi connectivity index (χ2n) is 4.10. The quantitative estimate of drug-likeness (QED) is 0.622. The summed E-state index contributed by atoms with van der Waals surface area (Å²) in [6.07, 6.45) is 3.53. The average molecular weight is 251 g/mol. The zero-order valence-corrected chi connectivity index (χ0v) is 10.7. The molecule has 1 atom stereocenters. The van der Waals surface area contributed by atoms with Gasteiger partial charge in [-0.25, -0.2) is 9.18 Å². The van der Waals surface area contributed by atoms with Crippen LogP contribution in [0.25, 0.3) is 0 Å². The molecule has 0 aliphatic rings. The molecule has 0 aliphatic heterocycles. The lowest BCUT2D eigenvalue weighted by Gasteiger charge is -2.15. The van der Waals surface area contributed by atoms with Gasteiger partial charge in [0.25, 0.3) is 0 Å². The molecular formula is C14H18FNO2. The van der Waals surface area contributed by atoms with Crippen LogP contribution in [0.3, 0.4) is 0 Å². The summed E-state index contributed by atoms with van der Waals surface area (Å²) in [5.41, 5.74) is 0.645. The smallest absolute Gasteiger partial charge is 0.337 e. The Labute approximate surface area is 107 Å². The molecule has 1 N–H and O–H groups in total. The highest BCUT2D eigenvalue weighted by Crippen LogP contribution is 2.18. The van der Waals surface area contributed by atoms with Crippen molar-refractivity contribution in [3.05, 3.63) is 42.2 Å². The molecule has 0 saturated heterocycles. The van der Waals surface area contributed by atoms with E-state index in [4.69, 9.17) is 0 Å². The van der Waals surface area contributed by atoms with Gasteiger partial charge in [0.2, 0.25) is 0 Å². The molecule has 0 radical (unpaired) electrons. The van der Waals surface area contributed by atoms with Crippen LogP contribution in [0.5, 0.6) is 0 Å². The van der Waals surface area contributed by atoms with Crippen LogP contribution in [0.1, 0.15) is 30.1 Å². The first kappa shape index (κ1) is 14.2. The van der Waals surface area contributed by atoms with Crippen molar-refractivity contribution in [2.75, 3.05) is 12.4 Å². The lowest BCUT2D eigenvalue weighted by Crippen LogP contribution is -2.16. The Hall–Kier alpha value is -1.84. The maximum absolute atomic E-state index is 13.6. The van der Waals surface area contributed by atoms with Crippen LogP contribution < -0.4 is 5.32 Å². The van der Waals surface area contributed by atoms with Gasteiger partial charge in [0.15, 0.2) is 0 Å². The van der Waals surface area contributed by atoms with Gasteiger partial charge in [-0.3, -0.25) is 0 Å². The van der Waals surface area contributed by atoms with Gasteiger partial charge in [-0.1, -0.05) is 6.08 Å². The summed E-state index contributed by atoms with van der Waals surface area (Å²) in [5, 5.41) is 3.03. The van der Waals surface area contributed by atoms with E-state index in [1.807, 2.05) is 13.0 Å². The molecule has 1 rings (SSSR count). The Bertz CT molecular complexity index is 432. The fourth-order valence-electron chi connectivity index (χ4n) is 1.59. The molecular weight excluding hydrogens is 233 g/mol. The average Bonchev–Trinajstić information content (AvgIpc) is 2.38. The minimum absolute atomic E-state index is 0.102. The number of anilines is 1. The standard InChI is InChI=1S/C14H18FNO2/c1-4-5-6-10(2)16-13-9-11(14(17)18-3)7-8-12(13)15/h4,7-10,16H,1,5-6H2,2-3H3. The molecule has 0 amide bonds. The van der Waals surface area contributed by atoms with E-state index in [9.17, 15) is 9.18 Å². The zero-order chi connectivity index (χ0) is 13.5. The summed E-state index contributed by atoms with van der Waals surface area (Å²) in [6.45, 7) is 5.59. The fourth-order valence-corrected chi connectivity index (χ4v) is 1.59. The van der Waals surface area contributed by atoms with Crippen molar-refractivity contribution >= 4 is 11.7 Å². The van der Waals surface area contributed by atoms with E-state index in [-0.39, 0.29) is 11.9 Å². The predicted octanol–water partition coefficient (Wildman–Crippen LogP) is 3.38. The van der Waals surface area contributed by atoms with Crippen LogP contribution in [0, 0.1) is 5.82 Å². The number of methoxy groups -OCH3 is 1. The van der Waals surface area contributed by atoms with Gasteiger partial charge >= 0.3 is 5.97 Å². The van der Waals surface area contributed by atoms with Gasteiger partial charge in [0.05, 0.1) is 18.4 Å². The Balaban J connectivity index is 2.80. The topological polar surface area (TPSA) is 38.3 Å². The van der Waals surface area contributed by atoms with E-state index in [1.165, 1.54) is 25.3 Å². The lowest BCUT2D eigenvalue weighted by atomic mass is 10.1. The number of carbonyl (C=O) groups is 1. The van der Waals surface area contributed by atoms with Gasteiger partial charge in [-0.15, -0.1) is 6.58 Å². The first-order valence-corrected chi connectivity index (χ1v) is 5.83. The summed E-state index contributed by atoms with van der Waals surface area (Å²) in [4.78, 5) is 11.3. The molecule has 4 heteroatoms. The van der Waals surface area contributed by atoms with Gasteiger partial charge in [-0.05, 0) is 38.0 Å². The Morgan fingerprint density at radius 1 is 1.61 bits per heavy atom. The van der Waals surface area contributed by atoms with Crippen LogP contribution in [-0.4, -0.2) is 19.1 Å². The second-order valence-corrected chi connectivity index (χ2v) is 4.10. The van der Waals surface area contributed by atoms with Crippen LogP contribution in [0.15, 0.2) is 30.9 Å². The van der Waals surface area contributed by atoms with Crippen molar-refractivity contribution in [2.45, 2.75) is 25.8 Å². The van der Waals surface area contributed by atoms with Crippen molar-refractivity contribution < 1.29 is 13.9 Å². The number of hydrogen-bond donors (Lipinski definition) is 1. The SMILES string of the molecule is C=CCCC(C)Nc1cc(C(=O)OC)ccc1F. The van der Waals surface area contributed by atoms with Gasteiger partial charge in [-0.2, -0.15) is 0 Å². The molecule has 18 heavy (non-hydrogen) atoms. The molecule has 0 fully saturated rings. The summed E-state index contributed by atoms with van der Waals surface area (Å²) < 4.78 is 18.2. The fraction of sp³-hybridized carbons (Fsp3) is 0.357. The number of halogens is 1. The number of allylic oxidation sites excluding steroid dienone is 1. The summed E-state index contributed by atoms with van der Waals surface area (Å²) in [6, 6.07) is 4.23. The van der Waals surface area contributed by atoms with E-state index in [1.54, 1.807) is 0 Å². The summed E-state index contributed by atoms with van der Waals surface area (Å²) >= 11 is 0. The molecule has 98 valence electrons. The van der Waals surface area contributed by atoms with Crippen molar-refractivity contribution in [1.82, 2.24) is 0 Å². The highest BCUT2D eigenvalue weighted by atomic mass is 19.1. The van der Waals surface area contributed by atoms with Crippen molar-refractivity contribution in [3.63, 3.8) is 0 Å². The number of benzene rings is 1. The molecule has 0 aromatic heterocycles. The van der Waals surface area contributed by atoms with Gasteiger partial charge < -0.3 is 10.1 Å². The van der Waals surface area contributed by atoms with Crippen molar-refractivity contribution in [1.29, 1.82) is 0 Å². The minimum atomic E-state index is -0.475. The third kappa shape index (κ3) is 3.87. The molecule has 1 unspecified atom stereocenters. The molecule has 0 heterocycles. The number of esters is 1. The van der Waals surface area contributed by atoms with Crippen LogP contribution >= 0.6 is 0 Å². The third-order valence-electron chi connectivity index (χ3n) is 2.59. The van der Waals surface area contributed by atoms with Crippen LogP contribution in [-0.2, 0) is 4.74 Å². The zero-order valence-electron chi connectivity index (χ0n) is 10.7. The van der Waals surface area contributed by atoms with E-state index in [0.29, 0.717) is 11.3 Å². The largest absolute Gasteiger partial charge is 0.465 e. The monoisotopic (exact) mass is 251 g/mol. The Morgan fingerprint density at radius 3 is 2.94 bits per heavy atom. The van der Waals surface area contributed by atoms with Gasteiger partial charge in [0.1, 0.15) is 5.82 Å². The number of rotatable bonds is 6. The number of carbonyl (C=O) groups excluding carboxylic acids is 1. The van der Waals surface area contributed by atoms with E-state index in [0.717, 1.165) is 12.8 Å². The van der Waals surface area contributed by atoms with Crippen LogP contribution in [0.2, 0.25) is 0 Å². The molecule has 3 nitrogen and oxygen atoms in total.